The molecule has 15 heavy (non-hydrogen) atoms. The summed E-state index contributed by atoms with van der Waals surface area (Å²) in [7, 11) is 0. The zero-order valence-electron chi connectivity index (χ0n) is 8.16. The highest BCUT2D eigenvalue weighted by Crippen LogP contribution is 2.11. The molecule has 1 atom stereocenters. The monoisotopic (exact) mass is 225 g/mol. The first-order valence-electron chi connectivity index (χ1n) is 4.89. The normalized spacial score (nSPS) is 20.2. The lowest BCUT2D eigenvalue weighted by Gasteiger charge is -2.11. The molecule has 2 rings (SSSR count). The minimum Gasteiger partial charge on any atom is -0.348 e. The Morgan fingerprint density at radius 2 is 2.53 bits per heavy atom. The third-order valence-corrected chi connectivity index (χ3v) is 2.70. The van der Waals surface area contributed by atoms with Crippen LogP contribution in [-0.4, -0.2) is 30.0 Å². The zero-order chi connectivity index (χ0) is 10.7. The molecule has 80 valence electrons. The minimum absolute atomic E-state index is 0.151. The summed E-state index contributed by atoms with van der Waals surface area (Å²) >= 11 is 5.82. The van der Waals surface area contributed by atoms with E-state index >= 15 is 0 Å². The number of nitrogens with one attached hydrogen (secondary N) is 2. The van der Waals surface area contributed by atoms with Crippen LogP contribution in [0.4, 0.5) is 0 Å². The molecule has 0 bridgehead atoms. The number of nitrogens with zero attached hydrogens (tertiary/aromatic N) is 1. The maximum absolute atomic E-state index is 11.8. The van der Waals surface area contributed by atoms with Gasteiger partial charge in [0.15, 0.2) is 0 Å². The summed E-state index contributed by atoms with van der Waals surface area (Å²) in [5.41, 5.74) is 0.436. The SMILES string of the molecule is O=C(NC1CCNC1)c1cccnc1Cl. The van der Waals surface area contributed by atoms with E-state index in [1.54, 1.807) is 18.3 Å². The fourth-order valence-corrected chi connectivity index (χ4v) is 1.80. The Morgan fingerprint density at radius 3 is 3.20 bits per heavy atom. The van der Waals surface area contributed by atoms with Gasteiger partial charge in [-0.3, -0.25) is 4.79 Å². The number of halogens is 1. The van der Waals surface area contributed by atoms with Crippen LogP contribution in [0, 0.1) is 0 Å². The number of amides is 1. The van der Waals surface area contributed by atoms with Gasteiger partial charge in [-0.2, -0.15) is 0 Å². The van der Waals surface area contributed by atoms with Gasteiger partial charge in [-0.1, -0.05) is 11.6 Å². The van der Waals surface area contributed by atoms with Gasteiger partial charge in [0.25, 0.3) is 5.91 Å². The highest BCUT2D eigenvalue weighted by molar-refractivity contribution is 6.32. The lowest BCUT2D eigenvalue weighted by atomic mass is 10.2. The third kappa shape index (κ3) is 2.46. The average molecular weight is 226 g/mol. The van der Waals surface area contributed by atoms with Gasteiger partial charge in [0.2, 0.25) is 0 Å². The summed E-state index contributed by atoms with van der Waals surface area (Å²) in [4.78, 5) is 15.6. The Morgan fingerprint density at radius 1 is 1.67 bits per heavy atom. The van der Waals surface area contributed by atoms with Crippen molar-refractivity contribution < 1.29 is 4.79 Å². The fraction of sp³-hybridized carbons (Fsp3) is 0.400. The largest absolute Gasteiger partial charge is 0.348 e. The quantitative estimate of drug-likeness (QED) is 0.733. The van der Waals surface area contributed by atoms with E-state index < -0.39 is 0 Å². The van der Waals surface area contributed by atoms with Gasteiger partial charge >= 0.3 is 0 Å². The summed E-state index contributed by atoms with van der Waals surface area (Å²) < 4.78 is 0. The summed E-state index contributed by atoms with van der Waals surface area (Å²) in [5.74, 6) is -0.151. The van der Waals surface area contributed by atoms with Crippen molar-refractivity contribution in [2.45, 2.75) is 12.5 Å². The summed E-state index contributed by atoms with van der Waals surface area (Å²) in [6.07, 6.45) is 2.53. The first kappa shape index (κ1) is 10.4. The number of carbonyl (C=O) groups excluding carboxylic acids is 1. The fourth-order valence-electron chi connectivity index (χ4n) is 1.60. The second-order valence-electron chi connectivity index (χ2n) is 3.50. The molecule has 0 spiro atoms. The molecule has 5 heteroatoms. The molecule has 1 aliphatic rings. The van der Waals surface area contributed by atoms with Crippen molar-refractivity contribution in [3.63, 3.8) is 0 Å². The molecule has 1 aromatic heterocycles. The molecule has 0 saturated carbocycles. The van der Waals surface area contributed by atoms with Gasteiger partial charge in [-0.25, -0.2) is 4.98 Å². The molecule has 1 fully saturated rings. The molecule has 0 radical (unpaired) electrons. The van der Waals surface area contributed by atoms with Crippen LogP contribution in [0.2, 0.25) is 5.15 Å². The van der Waals surface area contributed by atoms with Gasteiger partial charge in [-0.05, 0) is 25.1 Å². The number of rotatable bonds is 2. The molecule has 1 aromatic rings. The number of hydrogen-bond acceptors (Lipinski definition) is 3. The summed E-state index contributed by atoms with van der Waals surface area (Å²) in [6, 6.07) is 3.58. The first-order chi connectivity index (χ1) is 7.27. The minimum atomic E-state index is -0.151. The van der Waals surface area contributed by atoms with Crippen molar-refractivity contribution in [1.82, 2.24) is 15.6 Å². The van der Waals surface area contributed by atoms with E-state index in [9.17, 15) is 4.79 Å². The predicted molar refractivity (Wildman–Crippen MR) is 58.0 cm³/mol. The van der Waals surface area contributed by atoms with Crippen LogP contribution in [0.1, 0.15) is 16.8 Å². The van der Waals surface area contributed by atoms with Crippen LogP contribution in [0.3, 0.4) is 0 Å². The topological polar surface area (TPSA) is 54.0 Å². The molecule has 0 aliphatic carbocycles. The molecule has 1 aliphatic heterocycles. The van der Waals surface area contributed by atoms with Crippen LogP contribution in [-0.2, 0) is 0 Å². The lowest BCUT2D eigenvalue weighted by molar-refractivity contribution is 0.0940. The van der Waals surface area contributed by atoms with E-state index in [0.29, 0.717) is 5.56 Å². The van der Waals surface area contributed by atoms with E-state index in [1.165, 1.54) is 0 Å². The Kier molecular flexibility index (Phi) is 3.18. The van der Waals surface area contributed by atoms with Crippen molar-refractivity contribution in [3.8, 4) is 0 Å². The van der Waals surface area contributed by atoms with Gasteiger partial charge in [-0.15, -0.1) is 0 Å². The molecule has 1 unspecified atom stereocenters. The molecule has 1 amide bonds. The van der Waals surface area contributed by atoms with E-state index in [2.05, 4.69) is 15.6 Å². The molecular weight excluding hydrogens is 214 g/mol. The molecule has 2 heterocycles. The molecule has 0 aromatic carbocycles. The lowest BCUT2D eigenvalue weighted by Crippen LogP contribution is -2.36. The molecule has 1 saturated heterocycles. The average Bonchev–Trinajstić information content (AvgIpc) is 2.71. The van der Waals surface area contributed by atoms with Crippen LogP contribution < -0.4 is 10.6 Å². The van der Waals surface area contributed by atoms with Gasteiger partial charge < -0.3 is 10.6 Å². The van der Waals surface area contributed by atoms with Crippen molar-refractivity contribution in [2.24, 2.45) is 0 Å². The standard InChI is InChI=1S/C10H12ClN3O/c11-9-8(2-1-4-13-9)10(15)14-7-3-5-12-6-7/h1-2,4,7,12H,3,5-6H2,(H,14,15). The maximum Gasteiger partial charge on any atom is 0.254 e. The Balaban J connectivity index is 2.04. The highest BCUT2D eigenvalue weighted by atomic mass is 35.5. The first-order valence-corrected chi connectivity index (χ1v) is 5.27. The highest BCUT2D eigenvalue weighted by Gasteiger charge is 2.18. The zero-order valence-corrected chi connectivity index (χ0v) is 8.92. The second kappa shape index (κ2) is 4.59. The van der Waals surface area contributed by atoms with Gasteiger partial charge in [0.1, 0.15) is 5.15 Å². The second-order valence-corrected chi connectivity index (χ2v) is 3.86. The van der Waals surface area contributed by atoms with Crippen molar-refractivity contribution in [1.29, 1.82) is 0 Å². The number of aromatic nitrogens is 1. The van der Waals surface area contributed by atoms with Crippen LogP contribution >= 0.6 is 11.6 Å². The Labute approximate surface area is 93.0 Å². The summed E-state index contributed by atoms with van der Waals surface area (Å²) in [5, 5.41) is 6.34. The predicted octanol–water partition coefficient (Wildman–Crippen LogP) is 0.827. The molecule has 4 nitrogen and oxygen atoms in total. The van der Waals surface area contributed by atoms with Crippen molar-refractivity contribution >= 4 is 17.5 Å². The van der Waals surface area contributed by atoms with E-state index in [4.69, 9.17) is 11.6 Å². The van der Waals surface area contributed by atoms with Crippen LogP contribution in [0.5, 0.6) is 0 Å². The number of hydrogen-bond donors (Lipinski definition) is 2. The molecular formula is C10H12ClN3O. The Bertz CT molecular complexity index is 363. The number of carbonyl (C=O) groups is 1. The van der Waals surface area contributed by atoms with Crippen molar-refractivity contribution in [3.05, 3.63) is 29.0 Å². The van der Waals surface area contributed by atoms with E-state index in [1.807, 2.05) is 0 Å². The van der Waals surface area contributed by atoms with Crippen molar-refractivity contribution in [2.75, 3.05) is 13.1 Å². The summed E-state index contributed by atoms with van der Waals surface area (Å²) in [6.45, 7) is 1.77. The third-order valence-electron chi connectivity index (χ3n) is 2.40. The smallest absolute Gasteiger partial charge is 0.254 e. The number of pyridine rings is 1. The Hall–Kier alpha value is -1.13. The van der Waals surface area contributed by atoms with Crippen LogP contribution in [0.25, 0.3) is 0 Å². The van der Waals surface area contributed by atoms with Gasteiger partial charge in [0.05, 0.1) is 5.56 Å². The van der Waals surface area contributed by atoms with E-state index in [-0.39, 0.29) is 17.1 Å². The van der Waals surface area contributed by atoms with Crippen LogP contribution in [0.15, 0.2) is 18.3 Å². The molecule has 2 N–H and O–H groups in total. The van der Waals surface area contributed by atoms with Gasteiger partial charge in [0, 0.05) is 18.8 Å². The maximum atomic E-state index is 11.8. The van der Waals surface area contributed by atoms with E-state index in [0.717, 1.165) is 19.5 Å².